The lowest BCUT2D eigenvalue weighted by molar-refractivity contribution is -0.837. The molecule has 0 aromatic heterocycles. The van der Waals surface area contributed by atoms with Crippen molar-refractivity contribution >= 4 is 34.8 Å². The Morgan fingerprint density at radius 1 is 1.00 bits per heavy atom. The lowest BCUT2D eigenvalue weighted by Gasteiger charge is -2.32. The summed E-state index contributed by atoms with van der Waals surface area (Å²) in [5.41, 5.74) is 1.76. The number of carbonyl (C=O) groups is 1. The average Bonchev–Trinajstić information content (AvgIpc) is 2.55. The summed E-state index contributed by atoms with van der Waals surface area (Å²) < 4.78 is 0. The Morgan fingerprint density at radius 2 is 1.73 bits per heavy atom. The van der Waals surface area contributed by atoms with E-state index in [-0.39, 0.29) is 5.91 Å². The van der Waals surface area contributed by atoms with E-state index in [0.29, 0.717) is 23.7 Å². The Bertz CT molecular complexity index is 682. The number of rotatable bonds is 2. The number of quaternary nitrogens is 1. The molecule has 0 saturated carbocycles. The van der Waals surface area contributed by atoms with Crippen LogP contribution in [0.1, 0.15) is 10.4 Å². The van der Waals surface area contributed by atoms with E-state index in [1.165, 1.54) is 10.6 Å². The first-order valence-corrected chi connectivity index (χ1v) is 8.05. The lowest BCUT2D eigenvalue weighted by atomic mass is 10.1. The smallest absolute Gasteiger partial charge is 0.255 e. The molecule has 114 valence electrons. The first-order chi connectivity index (χ1) is 10.6. The van der Waals surface area contributed by atoms with E-state index < -0.39 is 0 Å². The normalized spacial score (nSPS) is 15.8. The van der Waals surface area contributed by atoms with Crippen molar-refractivity contribution in [1.82, 2.24) is 4.90 Å². The Labute approximate surface area is 140 Å². The van der Waals surface area contributed by atoms with Crippen molar-refractivity contribution in [2.75, 3.05) is 26.2 Å². The van der Waals surface area contributed by atoms with Crippen LogP contribution in [-0.2, 0) is 0 Å². The number of carbonyl (C=O) groups excluding carboxylic acids is 1. The molecule has 0 radical (unpaired) electrons. The number of hydrogen-bond donors (Lipinski definition) is 1. The number of amides is 1. The quantitative estimate of drug-likeness (QED) is 0.896. The fourth-order valence-electron chi connectivity index (χ4n) is 2.78. The third kappa shape index (κ3) is 3.27. The van der Waals surface area contributed by atoms with Crippen LogP contribution < -0.4 is 4.90 Å². The van der Waals surface area contributed by atoms with Crippen molar-refractivity contribution in [2.24, 2.45) is 0 Å². The van der Waals surface area contributed by atoms with E-state index in [2.05, 4.69) is 6.07 Å². The van der Waals surface area contributed by atoms with E-state index in [0.717, 1.165) is 18.1 Å². The zero-order chi connectivity index (χ0) is 15.5. The Balaban J connectivity index is 1.67. The summed E-state index contributed by atoms with van der Waals surface area (Å²) in [5, 5.41) is 1.26. The van der Waals surface area contributed by atoms with Crippen LogP contribution in [0.5, 0.6) is 0 Å². The molecule has 0 spiro atoms. The number of halogens is 2. The van der Waals surface area contributed by atoms with Crippen molar-refractivity contribution in [1.29, 1.82) is 0 Å². The number of nitrogens with one attached hydrogen (secondary N) is 1. The first-order valence-electron chi connectivity index (χ1n) is 7.29. The monoisotopic (exact) mass is 335 g/mol. The highest BCUT2D eigenvalue weighted by atomic mass is 35.5. The molecule has 3 rings (SSSR count). The maximum Gasteiger partial charge on any atom is 0.255 e. The van der Waals surface area contributed by atoms with E-state index in [1.54, 1.807) is 12.1 Å². The summed E-state index contributed by atoms with van der Waals surface area (Å²) in [4.78, 5) is 15.8. The Hall–Kier alpha value is -1.55. The van der Waals surface area contributed by atoms with Gasteiger partial charge in [0.15, 0.2) is 0 Å². The van der Waals surface area contributed by atoms with Crippen LogP contribution in [-0.4, -0.2) is 37.0 Å². The standard InChI is InChI=1S/C17H16Cl2N2O/c18-13-4-3-5-14(12-13)20-8-10-21(11-9-20)17(22)15-6-1-2-7-16(15)19/h1-7,12H,8-11H2/p+1. The molecular formula is C17H17Cl2N2O+. The molecule has 1 N–H and O–H groups in total. The van der Waals surface area contributed by atoms with E-state index in [9.17, 15) is 4.79 Å². The molecule has 1 amide bonds. The van der Waals surface area contributed by atoms with Gasteiger partial charge in [-0.2, -0.15) is 0 Å². The molecule has 1 fully saturated rings. The second kappa shape index (κ2) is 6.69. The van der Waals surface area contributed by atoms with E-state index in [1.807, 2.05) is 35.2 Å². The minimum absolute atomic E-state index is 0.00995. The molecule has 1 aliphatic heterocycles. The van der Waals surface area contributed by atoms with Gasteiger partial charge in [0, 0.05) is 11.1 Å². The van der Waals surface area contributed by atoms with Crippen molar-refractivity contribution in [2.45, 2.75) is 0 Å². The predicted molar refractivity (Wildman–Crippen MR) is 89.2 cm³/mol. The average molecular weight is 336 g/mol. The summed E-state index contributed by atoms with van der Waals surface area (Å²) in [5.74, 6) is 0.00995. The van der Waals surface area contributed by atoms with Crippen molar-refractivity contribution in [3.8, 4) is 0 Å². The van der Waals surface area contributed by atoms with Gasteiger partial charge < -0.3 is 4.90 Å². The van der Waals surface area contributed by atoms with Gasteiger partial charge in [-0.3, -0.25) is 9.69 Å². The third-order valence-corrected chi connectivity index (χ3v) is 4.56. The molecular weight excluding hydrogens is 319 g/mol. The van der Waals surface area contributed by atoms with Crippen LogP contribution in [0, 0.1) is 0 Å². The number of piperazine rings is 1. The fourth-order valence-corrected chi connectivity index (χ4v) is 3.19. The SMILES string of the molecule is O=C(c1ccccc1Cl)N1CC[NH+](c2cccc(Cl)c2)CC1. The van der Waals surface area contributed by atoms with Crippen molar-refractivity contribution < 1.29 is 9.69 Å². The zero-order valence-corrected chi connectivity index (χ0v) is 13.6. The summed E-state index contributed by atoms with van der Waals surface area (Å²) in [6.07, 6.45) is 0. The van der Waals surface area contributed by atoms with Crippen LogP contribution in [0.2, 0.25) is 10.0 Å². The Kier molecular flexibility index (Phi) is 4.67. The van der Waals surface area contributed by atoms with Crippen molar-refractivity contribution in [3.05, 3.63) is 64.1 Å². The topological polar surface area (TPSA) is 24.8 Å². The molecule has 0 bridgehead atoms. The molecule has 22 heavy (non-hydrogen) atoms. The maximum atomic E-state index is 12.5. The predicted octanol–water partition coefficient (Wildman–Crippen LogP) is 2.67. The van der Waals surface area contributed by atoms with Crippen LogP contribution >= 0.6 is 23.2 Å². The molecule has 0 unspecified atom stereocenters. The molecule has 2 aromatic carbocycles. The first kappa shape index (κ1) is 15.3. The second-order valence-corrected chi connectivity index (χ2v) is 6.23. The highest BCUT2D eigenvalue weighted by molar-refractivity contribution is 6.33. The molecule has 1 heterocycles. The molecule has 0 atom stereocenters. The van der Waals surface area contributed by atoms with Gasteiger partial charge in [-0.15, -0.1) is 0 Å². The second-order valence-electron chi connectivity index (χ2n) is 5.39. The molecule has 2 aromatic rings. The summed E-state index contributed by atoms with van der Waals surface area (Å²) >= 11 is 12.2. The minimum atomic E-state index is 0.00995. The van der Waals surface area contributed by atoms with Gasteiger partial charge in [-0.05, 0) is 24.3 Å². The van der Waals surface area contributed by atoms with E-state index in [4.69, 9.17) is 23.2 Å². The number of nitrogens with zero attached hydrogens (tertiary/aromatic N) is 1. The van der Waals surface area contributed by atoms with Crippen LogP contribution in [0.3, 0.4) is 0 Å². The van der Waals surface area contributed by atoms with Gasteiger partial charge >= 0.3 is 0 Å². The summed E-state index contributed by atoms with van der Waals surface area (Å²) in [6.45, 7) is 3.17. The molecule has 3 nitrogen and oxygen atoms in total. The van der Waals surface area contributed by atoms with Crippen molar-refractivity contribution in [3.63, 3.8) is 0 Å². The fraction of sp³-hybridized carbons (Fsp3) is 0.235. The zero-order valence-electron chi connectivity index (χ0n) is 12.1. The van der Waals surface area contributed by atoms with Gasteiger partial charge in [0.05, 0.1) is 36.8 Å². The van der Waals surface area contributed by atoms with Gasteiger partial charge in [0.2, 0.25) is 0 Å². The van der Waals surface area contributed by atoms with Crippen LogP contribution in [0.25, 0.3) is 0 Å². The highest BCUT2D eigenvalue weighted by Gasteiger charge is 2.26. The van der Waals surface area contributed by atoms with Gasteiger partial charge in [-0.1, -0.05) is 41.4 Å². The number of hydrogen-bond acceptors (Lipinski definition) is 1. The van der Waals surface area contributed by atoms with Crippen LogP contribution in [0.4, 0.5) is 5.69 Å². The molecule has 5 heteroatoms. The number of benzene rings is 2. The summed E-state index contributed by atoms with van der Waals surface area (Å²) in [6, 6.07) is 15.1. The van der Waals surface area contributed by atoms with E-state index >= 15 is 0 Å². The third-order valence-electron chi connectivity index (χ3n) is 3.99. The lowest BCUT2D eigenvalue weighted by Crippen LogP contribution is -3.10. The largest absolute Gasteiger partial charge is 0.327 e. The molecule has 1 aliphatic rings. The summed E-state index contributed by atoms with van der Waals surface area (Å²) in [7, 11) is 0. The van der Waals surface area contributed by atoms with Gasteiger partial charge in [0.1, 0.15) is 5.69 Å². The minimum Gasteiger partial charge on any atom is -0.327 e. The van der Waals surface area contributed by atoms with Gasteiger partial charge in [-0.25, -0.2) is 0 Å². The highest BCUT2D eigenvalue weighted by Crippen LogP contribution is 2.17. The van der Waals surface area contributed by atoms with Gasteiger partial charge in [0.25, 0.3) is 5.91 Å². The molecule has 1 saturated heterocycles. The van der Waals surface area contributed by atoms with Crippen LogP contribution in [0.15, 0.2) is 48.5 Å². The maximum absolute atomic E-state index is 12.5. The molecule has 0 aliphatic carbocycles. The Morgan fingerprint density at radius 3 is 2.41 bits per heavy atom.